The molecule has 0 bridgehead atoms. The lowest BCUT2D eigenvalue weighted by molar-refractivity contribution is -0.146. The van der Waals surface area contributed by atoms with E-state index in [1.54, 1.807) is 30.2 Å². The Morgan fingerprint density at radius 1 is 1.56 bits per heavy atom. The van der Waals surface area contributed by atoms with E-state index in [0.717, 1.165) is 11.5 Å². The van der Waals surface area contributed by atoms with Crippen molar-refractivity contribution in [1.82, 2.24) is 5.32 Å². The van der Waals surface area contributed by atoms with Crippen LogP contribution in [-0.2, 0) is 16.0 Å². The number of aryl methyl sites for hydroxylation is 1. The molecule has 0 radical (unpaired) electrons. The summed E-state index contributed by atoms with van der Waals surface area (Å²) in [5.74, 6) is 0.755. The molecule has 2 N–H and O–H groups in total. The Hall–Kier alpha value is -1.43. The van der Waals surface area contributed by atoms with Crippen LogP contribution < -0.4 is 5.32 Å². The number of amides is 1. The van der Waals surface area contributed by atoms with Crippen molar-refractivity contribution in [2.45, 2.75) is 24.8 Å². The van der Waals surface area contributed by atoms with Crippen molar-refractivity contribution in [2.24, 2.45) is 0 Å². The molecule has 6 heteroatoms. The molecule has 1 aromatic rings. The molecule has 0 saturated carbocycles. The molecule has 0 spiro atoms. The van der Waals surface area contributed by atoms with Gasteiger partial charge in [-0.2, -0.15) is 11.8 Å². The van der Waals surface area contributed by atoms with Crippen molar-refractivity contribution in [2.75, 3.05) is 11.5 Å². The first-order valence-electron chi connectivity index (χ1n) is 5.77. The van der Waals surface area contributed by atoms with Crippen LogP contribution in [0.4, 0.5) is 0 Å². The molecule has 1 aromatic heterocycles. The number of nitrogens with one attached hydrogen (secondary N) is 1. The molecule has 1 amide bonds. The number of carbonyl (C=O) groups is 2. The molecular formula is C12H15NO4S. The van der Waals surface area contributed by atoms with Crippen LogP contribution in [0.25, 0.3) is 0 Å². The summed E-state index contributed by atoms with van der Waals surface area (Å²) in [7, 11) is 0. The van der Waals surface area contributed by atoms with Gasteiger partial charge in [0, 0.05) is 18.6 Å². The third-order valence-electron chi connectivity index (χ3n) is 2.99. The number of hydrogen-bond donors (Lipinski definition) is 2. The quantitative estimate of drug-likeness (QED) is 0.842. The van der Waals surface area contributed by atoms with Crippen LogP contribution in [0.15, 0.2) is 22.8 Å². The van der Waals surface area contributed by atoms with Gasteiger partial charge in [-0.15, -0.1) is 0 Å². The minimum atomic E-state index is -1.08. The molecule has 5 nitrogen and oxygen atoms in total. The van der Waals surface area contributed by atoms with Gasteiger partial charge in [0.05, 0.1) is 6.26 Å². The van der Waals surface area contributed by atoms with Crippen LogP contribution in [-0.4, -0.2) is 34.0 Å². The lowest BCUT2D eigenvalue weighted by Gasteiger charge is -2.24. The maximum Gasteiger partial charge on any atom is 0.330 e. The van der Waals surface area contributed by atoms with Crippen LogP contribution in [0.1, 0.15) is 18.6 Å². The molecule has 0 unspecified atom stereocenters. The molecule has 1 aliphatic heterocycles. The van der Waals surface area contributed by atoms with Crippen LogP contribution >= 0.6 is 11.8 Å². The van der Waals surface area contributed by atoms with Gasteiger partial charge < -0.3 is 14.8 Å². The van der Waals surface area contributed by atoms with Gasteiger partial charge in [-0.3, -0.25) is 4.79 Å². The molecule has 1 fully saturated rings. The highest BCUT2D eigenvalue weighted by Crippen LogP contribution is 2.28. The zero-order chi connectivity index (χ0) is 13.0. The molecule has 1 atom stereocenters. The number of carboxylic acids is 1. The summed E-state index contributed by atoms with van der Waals surface area (Å²) in [6, 6.07) is 3.56. The number of carbonyl (C=O) groups excluding carboxylic acids is 1. The first kappa shape index (κ1) is 13.0. The Morgan fingerprint density at radius 2 is 2.39 bits per heavy atom. The van der Waals surface area contributed by atoms with E-state index in [1.165, 1.54) is 0 Å². The first-order chi connectivity index (χ1) is 8.62. The number of thioether (sulfide) groups is 1. The second-order valence-corrected chi connectivity index (χ2v) is 5.42. The Labute approximate surface area is 109 Å². The molecule has 1 aliphatic rings. The highest BCUT2D eigenvalue weighted by molar-refractivity contribution is 7.99. The number of furan rings is 1. The summed E-state index contributed by atoms with van der Waals surface area (Å²) in [6.07, 6.45) is 2.77. The smallest absolute Gasteiger partial charge is 0.330 e. The number of hydrogen-bond acceptors (Lipinski definition) is 4. The molecule has 1 saturated heterocycles. The fourth-order valence-corrected chi connectivity index (χ4v) is 3.23. The standard InChI is InChI=1S/C12H15NO4S/c14-10(4-3-9-2-1-6-17-9)13-12(11(15)16)5-7-18-8-12/h1-2,6H,3-5,7-8H2,(H,13,14)(H,15,16)/t12-/m1/s1. The summed E-state index contributed by atoms with van der Waals surface area (Å²) in [4.78, 5) is 23.0. The van der Waals surface area contributed by atoms with Crippen molar-refractivity contribution in [3.63, 3.8) is 0 Å². The molecular weight excluding hydrogens is 254 g/mol. The van der Waals surface area contributed by atoms with Crippen LogP contribution in [0, 0.1) is 0 Å². The molecule has 2 rings (SSSR count). The molecule has 2 heterocycles. The Kier molecular flexibility index (Phi) is 3.96. The van der Waals surface area contributed by atoms with Gasteiger partial charge in [0.1, 0.15) is 11.3 Å². The summed E-state index contributed by atoms with van der Waals surface area (Å²) >= 11 is 1.55. The summed E-state index contributed by atoms with van der Waals surface area (Å²) in [5.41, 5.74) is -1.08. The third-order valence-corrected chi connectivity index (χ3v) is 4.18. The van der Waals surface area contributed by atoms with Gasteiger partial charge in [-0.1, -0.05) is 0 Å². The molecule has 98 valence electrons. The number of carboxylic acid groups (broad SMARTS) is 1. The predicted octanol–water partition coefficient (Wildman–Crippen LogP) is 1.29. The van der Waals surface area contributed by atoms with Gasteiger partial charge in [0.25, 0.3) is 0 Å². The van der Waals surface area contributed by atoms with Crippen LogP contribution in [0.3, 0.4) is 0 Å². The Balaban J connectivity index is 1.88. The highest BCUT2D eigenvalue weighted by Gasteiger charge is 2.43. The van der Waals surface area contributed by atoms with E-state index in [0.29, 0.717) is 18.6 Å². The summed E-state index contributed by atoms with van der Waals surface area (Å²) in [6.45, 7) is 0. The van der Waals surface area contributed by atoms with Crippen LogP contribution in [0.5, 0.6) is 0 Å². The monoisotopic (exact) mass is 269 g/mol. The zero-order valence-corrected chi connectivity index (χ0v) is 10.7. The summed E-state index contributed by atoms with van der Waals surface area (Å²) < 4.78 is 5.13. The second-order valence-electron chi connectivity index (χ2n) is 4.32. The van der Waals surface area contributed by atoms with Gasteiger partial charge in [0.15, 0.2) is 0 Å². The van der Waals surface area contributed by atoms with Gasteiger partial charge in [-0.25, -0.2) is 4.79 Å². The third kappa shape index (κ3) is 2.87. The van der Waals surface area contributed by atoms with Crippen molar-refractivity contribution < 1.29 is 19.1 Å². The van der Waals surface area contributed by atoms with Crippen molar-refractivity contribution >= 4 is 23.6 Å². The fraction of sp³-hybridized carbons (Fsp3) is 0.500. The molecule has 0 aromatic carbocycles. The number of aliphatic carboxylic acids is 1. The van der Waals surface area contributed by atoms with E-state index in [-0.39, 0.29) is 12.3 Å². The second kappa shape index (κ2) is 5.48. The fourth-order valence-electron chi connectivity index (χ4n) is 1.91. The van der Waals surface area contributed by atoms with E-state index >= 15 is 0 Å². The minimum Gasteiger partial charge on any atom is -0.479 e. The first-order valence-corrected chi connectivity index (χ1v) is 6.92. The van der Waals surface area contributed by atoms with E-state index < -0.39 is 11.5 Å². The average Bonchev–Trinajstić information content (AvgIpc) is 2.97. The maximum absolute atomic E-state index is 11.8. The van der Waals surface area contributed by atoms with Gasteiger partial charge in [0.2, 0.25) is 5.91 Å². The van der Waals surface area contributed by atoms with Crippen molar-refractivity contribution in [1.29, 1.82) is 0 Å². The SMILES string of the molecule is O=C(CCc1ccco1)N[C@]1(C(=O)O)CCSC1. The average molecular weight is 269 g/mol. The number of rotatable bonds is 5. The Morgan fingerprint density at radius 3 is 2.94 bits per heavy atom. The predicted molar refractivity (Wildman–Crippen MR) is 67.5 cm³/mol. The molecule has 18 heavy (non-hydrogen) atoms. The van der Waals surface area contributed by atoms with E-state index in [9.17, 15) is 14.7 Å². The highest BCUT2D eigenvalue weighted by atomic mass is 32.2. The van der Waals surface area contributed by atoms with Gasteiger partial charge >= 0.3 is 5.97 Å². The van der Waals surface area contributed by atoms with Crippen LogP contribution in [0.2, 0.25) is 0 Å². The topological polar surface area (TPSA) is 79.5 Å². The lowest BCUT2D eigenvalue weighted by Crippen LogP contribution is -2.54. The minimum absolute atomic E-state index is 0.240. The Bertz CT molecular complexity index is 423. The maximum atomic E-state index is 11.8. The van der Waals surface area contributed by atoms with E-state index in [1.807, 2.05) is 0 Å². The lowest BCUT2D eigenvalue weighted by atomic mass is 9.99. The zero-order valence-electron chi connectivity index (χ0n) is 9.85. The normalized spacial score (nSPS) is 22.9. The van der Waals surface area contributed by atoms with E-state index in [4.69, 9.17) is 4.42 Å². The summed E-state index contributed by atoms with van der Waals surface area (Å²) in [5, 5.41) is 11.9. The largest absolute Gasteiger partial charge is 0.479 e. The van der Waals surface area contributed by atoms with E-state index in [2.05, 4.69) is 5.32 Å². The van der Waals surface area contributed by atoms with Crippen molar-refractivity contribution in [3.05, 3.63) is 24.2 Å². The molecule has 0 aliphatic carbocycles. The van der Waals surface area contributed by atoms with Gasteiger partial charge in [-0.05, 0) is 24.3 Å². The van der Waals surface area contributed by atoms with Crippen molar-refractivity contribution in [3.8, 4) is 0 Å².